The zero-order chi connectivity index (χ0) is 17.0. The van der Waals surface area contributed by atoms with E-state index in [1.165, 1.54) is 0 Å². The summed E-state index contributed by atoms with van der Waals surface area (Å²) in [6.07, 6.45) is 0.342. The zero-order valence-corrected chi connectivity index (χ0v) is 15.3. The molecule has 0 N–H and O–H groups in total. The van der Waals surface area contributed by atoms with Crippen molar-refractivity contribution in [2.75, 3.05) is 33.8 Å². The third kappa shape index (κ3) is 4.76. The van der Waals surface area contributed by atoms with E-state index >= 15 is 0 Å². The van der Waals surface area contributed by atoms with Gasteiger partial charge in [-0.3, -0.25) is 0 Å². The van der Waals surface area contributed by atoms with Gasteiger partial charge in [-0.25, -0.2) is 8.42 Å². The molecule has 1 aliphatic rings. The maximum atomic E-state index is 13.1. The summed E-state index contributed by atoms with van der Waals surface area (Å²) < 4.78 is 33.2. The number of sulfonamides is 1. The number of hydrogen-bond acceptors (Lipinski definition) is 4. The minimum atomic E-state index is -3.38. The van der Waals surface area contributed by atoms with E-state index in [1.807, 2.05) is 57.1 Å². The van der Waals surface area contributed by atoms with Gasteiger partial charge in [-0.2, -0.15) is 4.31 Å². The first-order valence-electron chi connectivity index (χ1n) is 8.11. The first-order valence-corrected chi connectivity index (χ1v) is 9.62. The number of rotatable bonds is 7. The molecule has 0 aliphatic carbocycles. The maximum absolute atomic E-state index is 13.1. The molecule has 1 saturated heterocycles. The van der Waals surface area contributed by atoms with Crippen molar-refractivity contribution in [3.63, 3.8) is 0 Å². The molecule has 2 rings (SSSR count). The second-order valence-electron chi connectivity index (χ2n) is 6.57. The number of benzene rings is 1. The second-order valence-corrected chi connectivity index (χ2v) is 8.73. The minimum Gasteiger partial charge on any atom is -0.377 e. The lowest BCUT2D eigenvalue weighted by Gasteiger charge is -2.28. The lowest BCUT2D eigenvalue weighted by atomic mass is 10.1. The Morgan fingerprint density at radius 3 is 2.57 bits per heavy atom. The Balaban J connectivity index is 2.22. The summed E-state index contributed by atoms with van der Waals surface area (Å²) in [7, 11) is 0.539. The van der Waals surface area contributed by atoms with Gasteiger partial charge in [-0.05, 0) is 39.9 Å². The lowest BCUT2D eigenvalue weighted by molar-refractivity contribution is 0.125. The fourth-order valence-electron chi connectivity index (χ4n) is 2.92. The molecule has 1 aromatic rings. The van der Waals surface area contributed by atoms with E-state index in [2.05, 4.69) is 0 Å². The van der Waals surface area contributed by atoms with E-state index in [4.69, 9.17) is 4.74 Å². The van der Waals surface area contributed by atoms with E-state index in [-0.39, 0.29) is 6.10 Å². The van der Waals surface area contributed by atoms with Crippen LogP contribution in [0.25, 0.3) is 0 Å². The summed E-state index contributed by atoms with van der Waals surface area (Å²) >= 11 is 0. The average Bonchev–Trinajstić information content (AvgIpc) is 2.90. The van der Waals surface area contributed by atoms with Crippen LogP contribution in [0.2, 0.25) is 0 Å². The molecular formula is C17H28N2O3S. The second kappa shape index (κ2) is 7.75. The van der Waals surface area contributed by atoms with Gasteiger partial charge in [0.2, 0.25) is 10.0 Å². The van der Waals surface area contributed by atoms with E-state index in [0.29, 0.717) is 32.7 Å². The molecule has 0 radical (unpaired) electrons. The molecule has 6 heteroatoms. The van der Waals surface area contributed by atoms with Gasteiger partial charge in [0, 0.05) is 26.2 Å². The maximum Gasteiger partial charge on any atom is 0.219 e. The first-order chi connectivity index (χ1) is 10.8. The lowest BCUT2D eigenvalue weighted by Crippen LogP contribution is -2.43. The minimum absolute atomic E-state index is 0.237. The van der Waals surface area contributed by atoms with Crippen molar-refractivity contribution in [2.24, 2.45) is 0 Å². The van der Waals surface area contributed by atoms with Gasteiger partial charge in [-0.15, -0.1) is 0 Å². The van der Waals surface area contributed by atoms with Crippen LogP contribution in [-0.4, -0.2) is 62.8 Å². The Morgan fingerprint density at radius 2 is 2.00 bits per heavy atom. The summed E-state index contributed by atoms with van der Waals surface area (Å²) in [5.74, 6) is 0. The van der Waals surface area contributed by atoms with Crippen LogP contribution < -0.4 is 0 Å². The van der Waals surface area contributed by atoms with Gasteiger partial charge >= 0.3 is 0 Å². The smallest absolute Gasteiger partial charge is 0.219 e. The predicted octanol–water partition coefficient (Wildman–Crippen LogP) is 1.87. The molecule has 1 fully saturated rings. The highest BCUT2D eigenvalue weighted by Gasteiger charge is 2.39. The van der Waals surface area contributed by atoms with Gasteiger partial charge in [0.05, 0.1) is 6.10 Å². The van der Waals surface area contributed by atoms with Gasteiger partial charge in [0.25, 0.3) is 0 Å². The number of aryl methyl sites for hydroxylation is 1. The molecule has 0 unspecified atom stereocenters. The summed E-state index contributed by atoms with van der Waals surface area (Å²) in [6.45, 7) is 6.01. The topological polar surface area (TPSA) is 49.9 Å². The molecular weight excluding hydrogens is 312 g/mol. The molecule has 1 aromatic carbocycles. The Labute approximate surface area is 140 Å². The van der Waals surface area contributed by atoms with Crippen LogP contribution >= 0.6 is 0 Å². The predicted molar refractivity (Wildman–Crippen MR) is 92.9 cm³/mol. The van der Waals surface area contributed by atoms with Crippen LogP contribution in [0.1, 0.15) is 24.5 Å². The van der Waals surface area contributed by atoms with E-state index in [0.717, 1.165) is 11.1 Å². The Morgan fingerprint density at radius 1 is 1.26 bits per heavy atom. The van der Waals surface area contributed by atoms with Crippen molar-refractivity contribution in [1.82, 2.24) is 9.21 Å². The van der Waals surface area contributed by atoms with Crippen LogP contribution in [0, 0.1) is 6.92 Å². The standard InChI is InChI=1S/C17H28N2O3S/c1-14-6-5-7-16(12-14)13-19(10-9-18(3)4)23(20,21)17-8-11-22-15(17)2/h5-7,12,15,17H,8-11,13H2,1-4H3/t15-,17+/m1/s1. The van der Waals surface area contributed by atoms with Crippen molar-refractivity contribution < 1.29 is 13.2 Å². The highest BCUT2D eigenvalue weighted by atomic mass is 32.2. The summed E-state index contributed by atoms with van der Waals surface area (Å²) in [6, 6.07) is 8.03. The monoisotopic (exact) mass is 340 g/mol. The molecule has 1 heterocycles. The number of ether oxygens (including phenoxy) is 1. The normalized spacial score (nSPS) is 22.2. The van der Waals surface area contributed by atoms with Crippen molar-refractivity contribution >= 4 is 10.0 Å². The van der Waals surface area contributed by atoms with Crippen LogP contribution in [-0.2, 0) is 21.3 Å². The summed E-state index contributed by atoms with van der Waals surface area (Å²) in [5, 5.41) is -0.436. The molecule has 0 saturated carbocycles. The summed E-state index contributed by atoms with van der Waals surface area (Å²) in [4.78, 5) is 2.01. The van der Waals surface area contributed by atoms with Gasteiger partial charge in [-0.1, -0.05) is 29.8 Å². The Bertz CT molecular complexity index is 616. The number of likely N-dealkylation sites (N-methyl/N-ethyl adjacent to an activating group) is 1. The van der Waals surface area contributed by atoms with E-state index in [9.17, 15) is 8.42 Å². The Hall–Kier alpha value is -0.950. The SMILES string of the molecule is Cc1cccc(CN(CCN(C)C)S(=O)(=O)[C@H]2CCO[C@@H]2C)c1. The highest BCUT2D eigenvalue weighted by molar-refractivity contribution is 7.89. The molecule has 23 heavy (non-hydrogen) atoms. The van der Waals surface area contributed by atoms with Gasteiger partial charge in [0.15, 0.2) is 0 Å². The molecule has 2 atom stereocenters. The largest absolute Gasteiger partial charge is 0.377 e. The van der Waals surface area contributed by atoms with E-state index < -0.39 is 15.3 Å². The fourth-order valence-corrected chi connectivity index (χ4v) is 4.92. The van der Waals surface area contributed by atoms with Crippen molar-refractivity contribution in [3.8, 4) is 0 Å². The third-order valence-electron chi connectivity index (χ3n) is 4.29. The molecule has 0 aromatic heterocycles. The quantitative estimate of drug-likeness (QED) is 0.760. The van der Waals surface area contributed by atoms with Gasteiger partial charge in [0.1, 0.15) is 5.25 Å². The first kappa shape index (κ1) is 18.4. The molecule has 1 aliphatic heterocycles. The average molecular weight is 340 g/mol. The molecule has 0 bridgehead atoms. The zero-order valence-electron chi connectivity index (χ0n) is 14.5. The molecule has 0 spiro atoms. The van der Waals surface area contributed by atoms with Crippen LogP contribution in [0.15, 0.2) is 24.3 Å². The van der Waals surface area contributed by atoms with Crippen molar-refractivity contribution in [1.29, 1.82) is 0 Å². The molecule has 130 valence electrons. The highest BCUT2D eigenvalue weighted by Crippen LogP contribution is 2.25. The molecule has 5 nitrogen and oxygen atoms in total. The third-order valence-corrected chi connectivity index (χ3v) is 6.70. The fraction of sp³-hybridized carbons (Fsp3) is 0.647. The van der Waals surface area contributed by atoms with Crippen LogP contribution in [0.4, 0.5) is 0 Å². The van der Waals surface area contributed by atoms with Gasteiger partial charge < -0.3 is 9.64 Å². The molecule has 0 amide bonds. The van der Waals surface area contributed by atoms with Crippen LogP contribution in [0.3, 0.4) is 0 Å². The van der Waals surface area contributed by atoms with E-state index in [1.54, 1.807) is 4.31 Å². The Kier molecular flexibility index (Phi) is 6.19. The number of nitrogens with zero attached hydrogens (tertiary/aromatic N) is 2. The van der Waals surface area contributed by atoms with Crippen molar-refractivity contribution in [3.05, 3.63) is 35.4 Å². The van der Waals surface area contributed by atoms with Crippen LogP contribution in [0.5, 0.6) is 0 Å². The number of hydrogen-bond donors (Lipinski definition) is 0. The van der Waals surface area contributed by atoms with Crippen molar-refractivity contribution in [2.45, 2.75) is 38.2 Å². The summed E-state index contributed by atoms with van der Waals surface area (Å²) in [5.41, 5.74) is 2.17.